The van der Waals surface area contributed by atoms with Crippen LogP contribution in [-0.4, -0.2) is 32.7 Å². The van der Waals surface area contributed by atoms with Crippen molar-refractivity contribution in [2.75, 3.05) is 11.9 Å². The van der Waals surface area contributed by atoms with E-state index in [1.807, 2.05) is 36.4 Å². The number of thiocarbonyl (C=S) groups is 1. The van der Waals surface area contributed by atoms with Crippen LogP contribution >= 0.6 is 24.0 Å². The standard InChI is InChI=1S/C23H19FN2O3S2/c24-16-9-7-14(8-10-16)19-12-15(17-4-1-2-5-18(17)25-19)13-20-22(29)26(23(30)31-20)11-3-6-21(27)28/h1-2,4-5,7-10,12-13,19,25H,3,6,11H2,(H,27,28)/b20-13-. The van der Waals surface area contributed by atoms with Crippen molar-refractivity contribution in [1.82, 2.24) is 4.90 Å². The van der Waals surface area contributed by atoms with E-state index in [1.165, 1.54) is 28.8 Å². The van der Waals surface area contributed by atoms with E-state index in [9.17, 15) is 14.0 Å². The fourth-order valence-electron chi connectivity index (χ4n) is 3.54. The Bertz CT molecular complexity index is 1110. The van der Waals surface area contributed by atoms with Gasteiger partial charge in [0.1, 0.15) is 10.1 Å². The van der Waals surface area contributed by atoms with Crippen LogP contribution in [0.5, 0.6) is 0 Å². The topological polar surface area (TPSA) is 69.6 Å². The number of allylic oxidation sites excluding steroid dienone is 2. The molecule has 1 atom stereocenters. The number of nitrogens with one attached hydrogen (secondary N) is 1. The summed E-state index contributed by atoms with van der Waals surface area (Å²) in [6, 6.07) is 13.9. The smallest absolute Gasteiger partial charge is 0.303 e. The van der Waals surface area contributed by atoms with E-state index in [-0.39, 0.29) is 30.7 Å². The molecule has 5 nitrogen and oxygen atoms in total. The molecule has 2 heterocycles. The second-order valence-electron chi connectivity index (χ2n) is 7.17. The molecular weight excluding hydrogens is 435 g/mol. The summed E-state index contributed by atoms with van der Waals surface area (Å²) in [6.45, 7) is 0.281. The largest absolute Gasteiger partial charge is 0.481 e. The maximum atomic E-state index is 13.4. The van der Waals surface area contributed by atoms with Gasteiger partial charge in [0.25, 0.3) is 5.91 Å². The van der Waals surface area contributed by atoms with Crippen molar-refractivity contribution in [3.05, 3.63) is 82.5 Å². The number of hydrogen-bond acceptors (Lipinski definition) is 5. The molecule has 1 unspecified atom stereocenters. The second-order valence-corrected chi connectivity index (χ2v) is 8.85. The van der Waals surface area contributed by atoms with Crippen molar-refractivity contribution in [3.63, 3.8) is 0 Å². The van der Waals surface area contributed by atoms with Crippen LogP contribution in [0.1, 0.15) is 30.0 Å². The van der Waals surface area contributed by atoms with Crippen LogP contribution in [-0.2, 0) is 9.59 Å². The molecule has 2 aliphatic heterocycles. The molecule has 31 heavy (non-hydrogen) atoms. The van der Waals surface area contributed by atoms with Crippen molar-refractivity contribution in [3.8, 4) is 0 Å². The van der Waals surface area contributed by atoms with E-state index >= 15 is 0 Å². The minimum Gasteiger partial charge on any atom is -0.481 e. The highest BCUT2D eigenvalue weighted by molar-refractivity contribution is 8.26. The zero-order chi connectivity index (χ0) is 22.0. The first-order valence-corrected chi connectivity index (χ1v) is 11.0. The van der Waals surface area contributed by atoms with Crippen molar-refractivity contribution in [2.45, 2.75) is 18.9 Å². The first-order chi connectivity index (χ1) is 14.9. The molecule has 1 fully saturated rings. The number of carbonyl (C=O) groups excluding carboxylic acids is 1. The summed E-state index contributed by atoms with van der Waals surface area (Å²) in [5.74, 6) is -1.41. The number of benzene rings is 2. The average molecular weight is 455 g/mol. The number of hydrogen-bond donors (Lipinski definition) is 2. The van der Waals surface area contributed by atoms with Crippen molar-refractivity contribution in [2.24, 2.45) is 0 Å². The lowest BCUT2D eigenvalue weighted by molar-refractivity contribution is -0.137. The van der Waals surface area contributed by atoms with Gasteiger partial charge >= 0.3 is 5.97 Å². The van der Waals surface area contributed by atoms with Gasteiger partial charge in [-0.3, -0.25) is 14.5 Å². The third kappa shape index (κ3) is 4.70. The van der Waals surface area contributed by atoms with E-state index in [4.69, 9.17) is 17.3 Å². The predicted octanol–water partition coefficient (Wildman–Crippen LogP) is 4.98. The van der Waals surface area contributed by atoms with Crippen molar-refractivity contribution in [1.29, 1.82) is 0 Å². The van der Waals surface area contributed by atoms with Crippen LogP contribution < -0.4 is 5.32 Å². The second kappa shape index (κ2) is 9.03. The van der Waals surface area contributed by atoms with Crippen molar-refractivity contribution < 1.29 is 19.1 Å². The average Bonchev–Trinajstić information content (AvgIpc) is 3.01. The van der Waals surface area contributed by atoms with Gasteiger partial charge in [0.15, 0.2) is 0 Å². The van der Waals surface area contributed by atoms with Crippen LogP contribution in [0.15, 0.2) is 65.6 Å². The molecule has 2 aromatic carbocycles. The highest BCUT2D eigenvalue weighted by atomic mass is 32.2. The first-order valence-electron chi connectivity index (χ1n) is 9.73. The number of amides is 1. The van der Waals surface area contributed by atoms with Gasteiger partial charge in [-0.15, -0.1) is 0 Å². The molecular formula is C23H19FN2O3S2. The number of nitrogens with zero attached hydrogens (tertiary/aromatic N) is 1. The highest BCUT2D eigenvalue weighted by Crippen LogP contribution is 2.39. The van der Waals surface area contributed by atoms with Gasteiger partial charge in [0.2, 0.25) is 0 Å². The number of halogens is 1. The lowest BCUT2D eigenvalue weighted by Gasteiger charge is -2.26. The third-order valence-corrected chi connectivity index (χ3v) is 6.43. The molecule has 2 aromatic rings. The normalized spacial score (nSPS) is 19.3. The van der Waals surface area contributed by atoms with Gasteiger partial charge in [0, 0.05) is 24.2 Å². The molecule has 8 heteroatoms. The Morgan fingerprint density at radius 3 is 2.71 bits per heavy atom. The van der Waals surface area contributed by atoms with Crippen LogP contribution in [0.3, 0.4) is 0 Å². The summed E-state index contributed by atoms with van der Waals surface area (Å²) in [6.07, 6.45) is 4.16. The summed E-state index contributed by atoms with van der Waals surface area (Å²) >= 11 is 6.56. The molecule has 2 aliphatic rings. The minimum atomic E-state index is -0.899. The lowest BCUT2D eigenvalue weighted by atomic mass is 9.93. The number of aliphatic carboxylic acids is 1. The minimum absolute atomic E-state index is 0.0142. The molecule has 0 aromatic heterocycles. The molecule has 0 aliphatic carbocycles. The number of carboxylic acids is 1. The maximum Gasteiger partial charge on any atom is 0.303 e. The number of para-hydroxylation sites is 1. The molecule has 0 bridgehead atoms. The fraction of sp³-hybridized carbons (Fsp3) is 0.174. The zero-order valence-corrected chi connectivity index (χ0v) is 18.0. The van der Waals surface area contributed by atoms with Gasteiger partial charge in [-0.1, -0.05) is 54.3 Å². The van der Waals surface area contributed by atoms with Gasteiger partial charge in [-0.2, -0.15) is 0 Å². The molecule has 0 spiro atoms. The van der Waals surface area contributed by atoms with E-state index in [0.717, 1.165) is 22.4 Å². The Morgan fingerprint density at radius 2 is 1.97 bits per heavy atom. The molecule has 4 rings (SSSR count). The maximum absolute atomic E-state index is 13.4. The van der Waals surface area contributed by atoms with E-state index in [2.05, 4.69) is 5.32 Å². The predicted molar refractivity (Wildman–Crippen MR) is 124 cm³/mol. The summed E-state index contributed by atoms with van der Waals surface area (Å²) < 4.78 is 13.8. The lowest BCUT2D eigenvalue weighted by Crippen LogP contribution is -2.29. The Balaban J connectivity index is 1.63. The summed E-state index contributed by atoms with van der Waals surface area (Å²) in [7, 11) is 0. The Morgan fingerprint density at radius 1 is 1.23 bits per heavy atom. The highest BCUT2D eigenvalue weighted by Gasteiger charge is 2.32. The number of rotatable bonds is 6. The molecule has 158 valence electrons. The SMILES string of the molecule is O=C(O)CCCN1C(=O)/C(=C/C2=CC(c3ccc(F)cc3)Nc3ccccc32)SC1=S. The quantitative estimate of drug-likeness (QED) is 0.474. The van der Waals surface area contributed by atoms with Crippen LogP contribution in [0.2, 0.25) is 0 Å². The summed E-state index contributed by atoms with van der Waals surface area (Å²) in [5, 5.41) is 12.3. The van der Waals surface area contributed by atoms with Crippen LogP contribution in [0.4, 0.5) is 10.1 Å². The molecule has 0 radical (unpaired) electrons. The summed E-state index contributed by atoms with van der Waals surface area (Å²) in [4.78, 5) is 25.6. The van der Waals surface area contributed by atoms with Gasteiger partial charge < -0.3 is 10.4 Å². The molecule has 0 saturated carbocycles. The monoisotopic (exact) mass is 454 g/mol. The molecule has 1 amide bonds. The number of fused-ring (bicyclic) bond motifs is 1. The van der Waals surface area contributed by atoms with Gasteiger partial charge in [-0.25, -0.2) is 4.39 Å². The van der Waals surface area contributed by atoms with Crippen molar-refractivity contribution >= 4 is 51.4 Å². The number of thioether (sulfide) groups is 1. The van der Waals surface area contributed by atoms with Gasteiger partial charge in [-0.05, 0) is 47.9 Å². The number of carboxylic acid groups (broad SMARTS) is 1. The Kier molecular flexibility index (Phi) is 6.20. The van der Waals surface area contributed by atoms with E-state index in [1.54, 1.807) is 12.1 Å². The Labute approximate surface area is 188 Å². The zero-order valence-electron chi connectivity index (χ0n) is 16.4. The number of anilines is 1. The van der Waals surface area contributed by atoms with Gasteiger partial charge in [0.05, 0.1) is 10.9 Å². The summed E-state index contributed by atoms with van der Waals surface area (Å²) in [5.41, 5.74) is 3.65. The molecule has 1 saturated heterocycles. The first kappa shape index (κ1) is 21.3. The van der Waals surface area contributed by atoms with E-state index in [0.29, 0.717) is 15.6 Å². The molecule has 2 N–H and O–H groups in total. The Hall–Kier alpha value is -2.97. The van der Waals surface area contributed by atoms with Crippen LogP contribution in [0.25, 0.3) is 5.57 Å². The fourth-order valence-corrected chi connectivity index (χ4v) is 4.84. The van der Waals surface area contributed by atoms with E-state index < -0.39 is 5.97 Å². The van der Waals surface area contributed by atoms with Crippen LogP contribution in [0, 0.1) is 5.82 Å². The number of carbonyl (C=O) groups is 2. The third-order valence-electron chi connectivity index (χ3n) is 5.06.